The fourth-order valence-electron chi connectivity index (χ4n) is 4.87. The van der Waals surface area contributed by atoms with Gasteiger partial charge in [-0.2, -0.15) is 8.78 Å². The van der Waals surface area contributed by atoms with Gasteiger partial charge in [-0.05, 0) is 44.0 Å². The van der Waals surface area contributed by atoms with Gasteiger partial charge in [0.25, 0.3) is 5.91 Å². The number of hydrogen-bond acceptors (Lipinski definition) is 7. The maximum atomic E-state index is 13.8. The Hall–Kier alpha value is -4.33. The molecule has 1 N–H and O–H groups in total. The van der Waals surface area contributed by atoms with Gasteiger partial charge in [-0.15, -0.1) is 5.10 Å². The van der Waals surface area contributed by atoms with Crippen molar-refractivity contribution in [2.45, 2.75) is 38.5 Å². The number of aromatic nitrogens is 6. The summed E-state index contributed by atoms with van der Waals surface area (Å²) in [5.41, 5.74) is 2.01. The van der Waals surface area contributed by atoms with Gasteiger partial charge in [-0.3, -0.25) is 14.3 Å². The van der Waals surface area contributed by atoms with Crippen LogP contribution >= 0.6 is 0 Å². The predicted octanol–water partition coefficient (Wildman–Crippen LogP) is 4.29. The van der Waals surface area contributed by atoms with Crippen LogP contribution in [0.1, 0.15) is 42.9 Å². The second-order valence-electron chi connectivity index (χ2n) is 9.36. The minimum atomic E-state index is -2.91. The Kier molecular flexibility index (Phi) is 7.52. The molecule has 4 heterocycles. The number of fused-ring (bicyclic) bond motifs is 1. The summed E-state index contributed by atoms with van der Waals surface area (Å²) in [6.07, 6.45) is 1.92. The fraction of sp³-hybridized carbons (Fsp3) is 0.346. The summed E-state index contributed by atoms with van der Waals surface area (Å²) in [5.74, 6) is -2.32. The highest BCUT2D eigenvalue weighted by Gasteiger charge is 2.28. The average molecular weight is 560 g/mol. The van der Waals surface area contributed by atoms with Crippen molar-refractivity contribution in [2.75, 3.05) is 19.7 Å². The SMILES string of the molecule is C=C(F)C(=O)N1CCC(n2nnc(-c3cc(OC(CO)c4ccc(F)cn4)c4c(c3)ncn4C(F)F)c2C)CC1. The minimum Gasteiger partial charge on any atom is -0.479 e. The van der Waals surface area contributed by atoms with Crippen LogP contribution in [0.25, 0.3) is 22.3 Å². The van der Waals surface area contributed by atoms with Crippen molar-refractivity contribution in [1.29, 1.82) is 0 Å². The fourth-order valence-corrected chi connectivity index (χ4v) is 4.87. The number of halogens is 4. The van der Waals surface area contributed by atoms with E-state index < -0.39 is 36.8 Å². The number of imidazole rings is 1. The molecule has 1 atom stereocenters. The molecular formula is C26H25F4N7O3. The van der Waals surface area contributed by atoms with Gasteiger partial charge in [-0.25, -0.2) is 18.4 Å². The number of ether oxygens (including phenoxy) is 1. The highest BCUT2D eigenvalue weighted by atomic mass is 19.3. The Balaban J connectivity index is 1.49. The lowest BCUT2D eigenvalue weighted by molar-refractivity contribution is -0.129. The molecule has 5 rings (SSSR count). The van der Waals surface area contributed by atoms with Crippen molar-refractivity contribution in [3.8, 4) is 17.0 Å². The molecule has 1 aliphatic rings. The summed E-state index contributed by atoms with van der Waals surface area (Å²) in [6.45, 7) is 2.06. The van der Waals surface area contributed by atoms with Crippen molar-refractivity contribution >= 4 is 16.9 Å². The first-order chi connectivity index (χ1) is 19.2. The number of carbonyl (C=O) groups is 1. The molecule has 210 valence electrons. The van der Waals surface area contributed by atoms with E-state index in [9.17, 15) is 27.5 Å². The van der Waals surface area contributed by atoms with E-state index >= 15 is 0 Å². The van der Waals surface area contributed by atoms with E-state index in [-0.39, 0.29) is 28.5 Å². The van der Waals surface area contributed by atoms with Crippen LogP contribution in [0.3, 0.4) is 0 Å². The molecule has 1 fully saturated rings. The second kappa shape index (κ2) is 11.0. The van der Waals surface area contributed by atoms with Crippen molar-refractivity contribution in [1.82, 2.24) is 34.4 Å². The van der Waals surface area contributed by atoms with Crippen LogP contribution < -0.4 is 4.74 Å². The Morgan fingerprint density at radius 1 is 1.23 bits per heavy atom. The molecule has 0 spiro atoms. The van der Waals surface area contributed by atoms with E-state index in [1.807, 2.05) is 0 Å². The Labute approximate surface area is 225 Å². The molecule has 3 aromatic heterocycles. The van der Waals surface area contributed by atoms with E-state index in [4.69, 9.17) is 4.74 Å². The molecule has 1 saturated heterocycles. The maximum absolute atomic E-state index is 13.8. The molecule has 1 aromatic carbocycles. The summed E-state index contributed by atoms with van der Waals surface area (Å²) >= 11 is 0. The summed E-state index contributed by atoms with van der Waals surface area (Å²) in [7, 11) is 0. The van der Waals surface area contributed by atoms with Gasteiger partial charge in [0.05, 0.1) is 35.8 Å². The van der Waals surface area contributed by atoms with Crippen molar-refractivity contribution in [2.24, 2.45) is 0 Å². The number of pyridine rings is 1. The maximum Gasteiger partial charge on any atom is 0.320 e. The smallest absolute Gasteiger partial charge is 0.320 e. The minimum absolute atomic E-state index is 0.00385. The lowest BCUT2D eigenvalue weighted by atomic mass is 10.0. The molecule has 4 aromatic rings. The third-order valence-electron chi connectivity index (χ3n) is 6.89. The van der Waals surface area contributed by atoms with Crippen LogP contribution in [0.15, 0.2) is 49.2 Å². The van der Waals surface area contributed by atoms with Gasteiger partial charge in [0, 0.05) is 18.7 Å². The van der Waals surface area contributed by atoms with Crippen molar-refractivity contribution in [3.05, 3.63) is 66.4 Å². The Bertz CT molecular complexity index is 1550. The predicted molar refractivity (Wildman–Crippen MR) is 134 cm³/mol. The lowest BCUT2D eigenvalue weighted by Gasteiger charge is -2.31. The zero-order valence-electron chi connectivity index (χ0n) is 21.3. The van der Waals surface area contributed by atoms with E-state index in [0.717, 1.165) is 18.6 Å². The molecular weight excluding hydrogens is 534 g/mol. The van der Waals surface area contributed by atoms with Gasteiger partial charge >= 0.3 is 6.55 Å². The summed E-state index contributed by atoms with van der Waals surface area (Å²) in [6, 6.07) is 5.48. The van der Waals surface area contributed by atoms with E-state index in [1.165, 1.54) is 17.0 Å². The number of hydrogen-bond donors (Lipinski definition) is 1. The third-order valence-corrected chi connectivity index (χ3v) is 6.89. The third kappa shape index (κ3) is 5.13. The molecule has 0 bridgehead atoms. The molecule has 10 nitrogen and oxygen atoms in total. The molecule has 1 aliphatic heterocycles. The highest BCUT2D eigenvalue weighted by molar-refractivity contribution is 5.90. The van der Waals surface area contributed by atoms with Gasteiger partial charge < -0.3 is 14.7 Å². The first-order valence-corrected chi connectivity index (χ1v) is 12.4. The van der Waals surface area contributed by atoms with Crippen LogP contribution in [-0.4, -0.2) is 65.1 Å². The number of rotatable bonds is 8. The number of benzene rings is 1. The average Bonchev–Trinajstić information content (AvgIpc) is 3.55. The number of carbonyl (C=O) groups excluding carboxylic acids is 1. The van der Waals surface area contributed by atoms with E-state index in [1.54, 1.807) is 17.7 Å². The second-order valence-corrected chi connectivity index (χ2v) is 9.36. The summed E-state index contributed by atoms with van der Waals surface area (Å²) < 4.78 is 62.6. The summed E-state index contributed by atoms with van der Waals surface area (Å²) in [5, 5.41) is 18.6. The topological polar surface area (TPSA) is 111 Å². The number of aliphatic hydroxyl groups is 1. The zero-order chi connectivity index (χ0) is 28.6. The zero-order valence-corrected chi connectivity index (χ0v) is 21.3. The number of nitrogens with zero attached hydrogens (tertiary/aromatic N) is 7. The van der Waals surface area contributed by atoms with Crippen LogP contribution in [0.5, 0.6) is 5.75 Å². The van der Waals surface area contributed by atoms with Gasteiger partial charge in [0.2, 0.25) is 0 Å². The van der Waals surface area contributed by atoms with Crippen LogP contribution in [0.2, 0.25) is 0 Å². The normalized spacial score (nSPS) is 15.1. The van der Waals surface area contributed by atoms with Gasteiger partial charge in [0.15, 0.2) is 11.9 Å². The van der Waals surface area contributed by atoms with E-state index in [2.05, 4.69) is 26.9 Å². The van der Waals surface area contributed by atoms with Crippen LogP contribution in [-0.2, 0) is 4.79 Å². The monoisotopic (exact) mass is 559 g/mol. The van der Waals surface area contributed by atoms with Gasteiger partial charge in [-0.1, -0.05) is 11.8 Å². The van der Waals surface area contributed by atoms with Gasteiger partial charge in [0.1, 0.15) is 29.1 Å². The quantitative estimate of drug-likeness (QED) is 0.253. The van der Waals surface area contributed by atoms with E-state index in [0.29, 0.717) is 47.4 Å². The molecule has 1 amide bonds. The number of alkyl halides is 2. The van der Waals surface area contributed by atoms with Crippen LogP contribution in [0, 0.1) is 12.7 Å². The molecule has 40 heavy (non-hydrogen) atoms. The Morgan fingerprint density at radius 2 is 1.98 bits per heavy atom. The van der Waals surface area contributed by atoms with Crippen molar-refractivity contribution < 1.29 is 32.2 Å². The first-order valence-electron chi connectivity index (χ1n) is 12.4. The molecule has 14 heteroatoms. The number of amides is 1. The van der Waals surface area contributed by atoms with Crippen molar-refractivity contribution in [3.63, 3.8) is 0 Å². The number of likely N-dealkylation sites (tertiary alicyclic amines) is 1. The number of piperidine rings is 1. The highest BCUT2D eigenvalue weighted by Crippen LogP contribution is 2.37. The number of aliphatic hydroxyl groups excluding tert-OH is 1. The standard InChI is InChI=1S/C26H25F4N7O3/c1-14(27)25(39)35-7-5-18(6-8-35)37-15(2)23(33-34-37)16-9-20-24(36(13-32-20)26(29)30)21(10-16)40-22(12-38)19-4-3-17(28)11-31-19/h3-4,9-11,13,18,22,26,38H,1,5-8,12H2,2H3. The molecule has 0 saturated carbocycles. The molecule has 0 radical (unpaired) electrons. The van der Waals surface area contributed by atoms with Crippen LogP contribution in [0.4, 0.5) is 17.6 Å². The largest absolute Gasteiger partial charge is 0.479 e. The first kappa shape index (κ1) is 27.2. The molecule has 1 unspecified atom stereocenters. The lowest BCUT2D eigenvalue weighted by Crippen LogP contribution is -2.39. The Morgan fingerprint density at radius 3 is 2.60 bits per heavy atom. The molecule has 0 aliphatic carbocycles. The summed E-state index contributed by atoms with van der Waals surface area (Å²) in [4.78, 5) is 21.4.